The molecule has 3 fully saturated rings. The summed E-state index contributed by atoms with van der Waals surface area (Å²) in [5.41, 5.74) is 5.34. The van der Waals surface area contributed by atoms with Crippen LogP contribution in [0.4, 0.5) is 4.79 Å². The standard InChI is InChI=1S/C45H47Cl2N5O6/c46-37-21-31(20-28-5-3-14-45(23-28)43(54)50-44(55)51-45)40(57-27-30-19-29(24-48)25-49-26-30)22-41(37)58-38-11-10-34-33(6-1-7-35(34)38)36-8-2-9-39(42(36)47)56-18-4-15-52-16-12-32(53)13-17-52/h1-2,6-9,19,21-22,25-26,28,32,38,53H,3-5,10-18,20,23,27H2,(H2,50,51,54,55)/t28?,38-,45?/m0/s1. The van der Waals surface area contributed by atoms with Gasteiger partial charge in [-0.25, -0.2) is 4.79 Å². The van der Waals surface area contributed by atoms with Gasteiger partial charge < -0.3 is 29.5 Å². The van der Waals surface area contributed by atoms with E-state index in [-0.39, 0.29) is 30.6 Å². The molecule has 3 amide bonds. The number of hydrogen-bond acceptors (Lipinski definition) is 9. The van der Waals surface area contributed by atoms with E-state index >= 15 is 0 Å². The zero-order valence-corrected chi connectivity index (χ0v) is 33.8. The highest BCUT2D eigenvalue weighted by molar-refractivity contribution is 6.35. The van der Waals surface area contributed by atoms with Gasteiger partial charge >= 0.3 is 6.03 Å². The molecule has 4 aromatic rings. The number of urea groups is 1. The number of ether oxygens (including phenoxy) is 3. The molecule has 13 heteroatoms. The Bertz CT molecular complexity index is 2220. The SMILES string of the molecule is N#Cc1cncc(COc2cc(O[C@H]3CCc4c(-c5cccc(OCCCN6CCC(O)CC6)c5Cl)cccc43)c(Cl)cc2CC2CCCC3(C2)NC(=O)NC3=O)c1. The molecule has 3 atom stereocenters. The van der Waals surface area contributed by atoms with Crippen LogP contribution in [0.1, 0.15) is 85.3 Å². The molecule has 2 aliphatic carbocycles. The van der Waals surface area contributed by atoms with Crippen LogP contribution in [-0.4, -0.2) is 64.8 Å². The monoisotopic (exact) mass is 823 g/mol. The van der Waals surface area contributed by atoms with Gasteiger partial charge in [0.05, 0.1) is 28.3 Å². The largest absolute Gasteiger partial charge is 0.492 e. The topological polar surface area (TPSA) is 146 Å². The van der Waals surface area contributed by atoms with Crippen molar-refractivity contribution in [1.82, 2.24) is 20.5 Å². The first-order valence-corrected chi connectivity index (χ1v) is 21.0. The predicted octanol–water partition coefficient (Wildman–Crippen LogP) is 8.11. The van der Waals surface area contributed by atoms with Gasteiger partial charge in [0.25, 0.3) is 5.91 Å². The number of piperidine rings is 1. The summed E-state index contributed by atoms with van der Waals surface area (Å²) in [5, 5.41) is 25.6. The number of nitrogens with zero attached hydrogens (tertiary/aromatic N) is 3. The molecular formula is C45H47Cl2N5O6. The lowest BCUT2D eigenvalue weighted by atomic mass is 9.73. The number of amides is 3. The molecule has 58 heavy (non-hydrogen) atoms. The first-order valence-electron chi connectivity index (χ1n) is 20.2. The first kappa shape index (κ1) is 39.9. The van der Waals surface area contributed by atoms with Crippen molar-refractivity contribution in [1.29, 1.82) is 5.26 Å². The number of benzene rings is 3. The Hall–Kier alpha value is -4.86. The minimum absolute atomic E-state index is 0.0953. The highest BCUT2D eigenvalue weighted by Crippen LogP contribution is 2.46. The molecule has 2 saturated heterocycles. The van der Waals surface area contributed by atoms with E-state index in [0.717, 1.165) is 92.4 Å². The number of aromatic nitrogens is 1. The molecule has 11 nitrogen and oxygen atoms in total. The van der Waals surface area contributed by atoms with E-state index in [0.29, 0.717) is 58.7 Å². The molecule has 1 spiro atoms. The number of nitrogens with one attached hydrogen (secondary N) is 2. The van der Waals surface area contributed by atoms with E-state index in [2.05, 4.69) is 38.7 Å². The second kappa shape index (κ2) is 17.6. The first-order chi connectivity index (χ1) is 28.2. The summed E-state index contributed by atoms with van der Waals surface area (Å²) in [6.07, 6.45) is 10.2. The summed E-state index contributed by atoms with van der Waals surface area (Å²) in [7, 11) is 0. The summed E-state index contributed by atoms with van der Waals surface area (Å²) in [6.45, 7) is 3.48. The fraction of sp³-hybridized carbons (Fsp3) is 0.422. The Morgan fingerprint density at radius 1 is 0.966 bits per heavy atom. The van der Waals surface area contributed by atoms with Crippen molar-refractivity contribution < 1.29 is 28.9 Å². The number of fused-ring (bicyclic) bond motifs is 1. The van der Waals surface area contributed by atoms with Crippen LogP contribution in [0.2, 0.25) is 10.0 Å². The number of carbonyl (C=O) groups is 2. The fourth-order valence-corrected chi connectivity index (χ4v) is 9.57. The molecule has 302 valence electrons. The number of aliphatic hydroxyl groups excluding tert-OH is 1. The number of hydrogen-bond donors (Lipinski definition) is 3. The van der Waals surface area contributed by atoms with Crippen molar-refractivity contribution in [3.63, 3.8) is 0 Å². The van der Waals surface area contributed by atoms with Gasteiger partial charge in [-0.15, -0.1) is 0 Å². The lowest BCUT2D eigenvalue weighted by molar-refractivity contribution is -0.125. The van der Waals surface area contributed by atoms with Crippen LogP contribution in [0, 0.1) is 17.2 Å². The van der Waals surface area contributed by atoms with E-state index in [1.807, 2.05) is 36.4 Å². The molecule has 2 unspecified atom stereocenters. The van der Waals surface area contributed by atoms with Crippen LogP contribution in [0.5, 0.6) is 17.2 Å². The van der Waals surface area contributed by atoms with Gasteiger partial charge in [-0.3, -0.25) is 15.1 Å². The summed E-state index contributed by atoms with van der Waals surface area (Å²) in [6, 6.07) is 19.3. The highest BCUT2D eigenvalue weighted by atomic mass is 35.5. The van der Waals surface area contributed by atoms with Crippen molar-refractivity contribution in [2.24, 2.45) is 5.92 Å². The normalized spacial score (nSPS) is 22.0. The number of pyridine rings is 1. The van der Waals surface area contributed by atoms with E-state index in [4.69, 9.17) is 37.4 Å². The second-order valence-electron chi connectivity index (χ2n) is 15.9. The molecule has 8 rings (SSSR count). The van der Waals surface area contributed by atoms with E-state index in [1.165, 1.54) is 11.8 Å². The van der Waals surface area contributed by atoms with Gasteiger partial charge in [-0.1, -0.05) is 60.0 Å². The maximum Gasteiger partial charge on any atom is 0.322 e. The van der Waals surface area contributed by atoms with Gasteiger partial charge in [0.1, 0.15) is 41.6 Å². The lowest BCUT2D eigenvalue weighted by Crippen LogP contribution is -2.50. The van der Waals surface area contributed by atoms with Crippen LogP contribution < -0.4 is 24.8 Å². The number of imide groups is 1. The van der Waals surface area contributed by atoms with Crippen molar-refractivity contribution >= 4 is 35.1 Å². The van der Waals surface area contributed by atoms with Crippen molar-refractivity contribution in [2.45, 2.75) is 88.6 Å². The molecule has 4 aliphatic rings. The number of aliphatic hydroxyl groups is 1. The zero-order valence-electron chi connectivity index (χ0n) is 32.3. The third-order valence-electron chi connectivity index (χ3n) is 12.0. The third kappa shape index (κ3) is 8.76. The molecular weight excluding hydrogens is 777 g/mol. The Labute approximate surface area is 348 Å². The zero-order chi connectivity index (χ0) is 40.2. The summed E-state index contributed by atoms with van der Waals surface area (Å²) < 4.78 is 19.4. The Balaban J connectivity index is 0.999. The van der Waals surface area contributed by atoms with Gasteiger partial charge in [0.2, 0.25) is 0 Å². The molecule has 1 saturated carbocycles. The molecule has 3 aromatic carbocycles. The molecule has 0 bridgehead atoms. The minimum Gasteiger partial charge on any atom is -0.492 e. The smallest absolute Gasteiger partial charge is 0.322 e. The third-order valence-corrected chi connectivity index (χ3v) is 12.7. The number of carbonyl (C=O) groups excluding carboxylic acids is 2. The quantitative estimate of drug-likeness (QED) is 0.0900. The van der Waals surface area contributed by atoms with E-state index < -0.39 is 11.6 Å². The molecule has 3 N–H and O–H groups in total. The molecule has 1 aromatic heterocycles. The highest BCUT2D eigenvalue weighted by Gasteiger charge is 2.49. The van der Waals surface area contributed by atoms with Gasteiger partial charge in [0, 0.05) is 49.2 Å². The maximum atomic E-state index is 12.8. The Morgan fingerprint density at radius 2 is 1.79 bits per heavy atom. The summed E-state index contributed by atoms with van der Waals surface area (Å²) in [5.74, 6) is 1.56. The van der Waals surface area contributed by atoms with Crippen LogP contribution in [-0.2, 0) is 24.2 Å². The number of nitriles is 1. The number of halogens is 2. The van der Waals surface area contributed by atoms with Crippen molar-refractivity contribution in [3.05, 3.63) is 105 Å². The van der Waals surface area contributed by atoms with Gasteiger partial charge in [0.15, 0.2) is 0 Å². The molecule has 3 heterocycles. The van der Waals surface area contributed by atoms with Gasteiger partial charge in [-0.2, -0.15) is 5.26 Å². The van der Waals surface area contributed by atoms with Crippen LogP contribution in [0.3, 0.4) is 0 Å². The summed E-state index contributed by atoms with van der Waals surface area (Å²) >= 11 is 14.1. The maximum absolute atomic E-state index is 12.8. The summed E-state index contributed by atoms with van der Waals surface area (Å²) in [4.78, 5) is 31.5. The second-order valence-corrected chi connectivity index (χ2v) is 16.7. The van der Waals surface area contributed by atoms with E-state index in [1.54, 1.807) is 12.3 Å². The number of likely N-dealkylation sites (tertiary alicyclic amines) is 1. The van der Waals surface area contributed by atoms with Crippen LogP contribution in [0.25, 0.3) is 11.1 Å². The predicted molar refractivity (Wildman–Crippen MR) is 220 cm³/mol. The average Bonchev–Trinajstić information content (AvgIpc) is 3.76. The number of rotatable bonds is 13. The van der Waals surface area contributed by atoms with Crippen LogP contribution >= 0.6 is 23.2 Å². The molecule has 0 radical (unpaired) electrons. The fourth-order valence-electron chi connectivity index (χ4n) is 9.06. The Kier molecular flexibility index (Phi) is 12.1. The lowest BCUT2D eigenvalue weighted by Gasteiger charge is -2.35. The van der Waals surface area contributed by atoms with Gasteiger partial charge in [-0.05, 0) is 104 Å². The van der Waals surface area contributed by atoms with E-state index in [9.17, 15) is 20.0 Å². The van der Waals surface area contributed by atoms with Crippen molar-refractivity contribution in [3.8, 4) is 34.4 Å². The van der Waals surface area contributed by atoms with Crippen molar-refractivity contribution in [2.75, 3.05) is 26.2 Å². The average molecular weight is 825 g/mol. The van der Waals surface area contributed by atoms with Crippen LogP contribution in [0.15, 0.2) is 67.0 Å². The minimum atomic E-state index is -0.899. The molecule has 2 aliphatic heterocycles. The Morgan fingerprint density at radius 3 is 2.60 bits per heavy atom.